The van der Waals surface area contributed by atoms with Crippen LogP contribution in [0.4, 0.5) is 0 Å². The number of nitrogens with two attached hydrogens (primary N) is 1. The van der Waals surface area contributed by atoms with E-state index in [-0.39, 0.29) is 0 Å². The van der Waals surface area contributed by atoms with Crippen LogP contribution in [0.5, 0.6) is 0 Å². The fraction of sp³-hybridized carbons (Fsp3) is 0.333. The molecule has 0 aliphatic heterocycles. The zero-order valence-electron chi connectivity index (χ0n) is 2.68. The molecule has 0 saturated carbocycles. The van der Waals surface area contributed by atoms with Crippen molar-refractivity contribution in [2.75, 3.05) is 0 Å². The minimum atomic E-state index is -1.09. The molecule has 0 rings (SSSR count). The average molecular weight is 71.1 g/mol. The second-order valence-electron chi connectivity index (χ2n) is 0.612. The molecule has 5 heavy (non-hydrogen) atoms. The highest BCUT2D eigenvalue weighted by Gasteiger charge is 1.75. The standard InChI is InChI=1S/C3H5NO/c1-2-3(4)5/h1,3,5H,4H2. The van der Waals surface area contributed by atoms with Crippen molar-refractivity contribution >= 4 is 0 Å². The Morgan fingerprint density at radius 2 is 2.20 bits per heavy atom. The highest BCUT2D eigenvalue weighted by molar-refractivity contribution is 4.88. The molecule has 3 N–H and O–H groups in total. The molecule has 0 fully saturated rings. The van der Waals surface area contributed by atoms with Gasteiger partial charge in [0, 0.05) is 0 Å². The molecule has 2 heteroatoms. The molecule has 1 unspecified atom stereocenters. The molecule has 0 aromatic carbocycles. The molecule has 28 valence electrons. The van der Waals surface area contributed by atoms with E-state index in [1.807, 2.05) is 5.92 Å². The third-order valence-corrected chi connectivity index (χ3v) is 0.171. The topological polar surface area (TPSA) is 46.2 Å². The second kappa shape index (κ2) is 1.77. The minimum Gasteiger partial charge on any atom is -0.368 e. The maximum atomic E-state index is 7.90. The van der Waals surface area contributed by atoms with Gasteiger partial charge in [-0.25, -0.2) is 0 Å². The van der Waals surface area contributed by atoms with E-state index in [9.17, 15) is 0 Å². The van der Waals surface area contributed by atoms with Gasteiger partial charge in [-0.15, -0.1) is 6.42 Å². The van der Waals surface area contributed by atoms with Gasteiger partial charge in [0.05, 0.1) is 0 Å². The van der Waals surface area contributed by atoms with Gasteiger partial charge in [0.15, 0.2) is 6.23 Å². The molecule has 0 aromatic rings. The van der Waals surface area contributed by atoms with Crippen molar-refractivity contribution in [1.29, 1.82) is 0 Å². The Labute approximate surface area is 30.6 Å². The first-order chi connectivity index (χ1) is 2.27. The van der Waals surface area contributed by atoms with Gasteiger partial charge in [-0.05, 0) is 0 Å². The lowest BCUT2D eigenvalue weighted by atomic mass is 10.6. The summed E-state index contributed by atoms with van der Waals surface area (Å²) in [6, 6.07) is 0. The molecule has 2 nitrogen and oxygen atoms in total. The van der Waals surface area contributed by atoms with E-state index in [1.54, 1.807) is 0 Å². The van der Waals surface area contributed by atoms with E-state index < -0.39 is 6.23 Å². The molecule has 1 atom stereocenters. The Hall–Kier alpha value is -0.520. The quantitative estimate of drug-likeness (QED) is 0.281. The molecular formula is C3H5NO. The summed E-state index contributed by atoms with van der Waals surface area (Å²) < 4.78 is 0. The van der Waals surface area contributed by atoms with Crippen LogP contribution in [-0.2, 0) is 0 Å². The van der Waals surface area contributed by atoms with Gasteiger partial charge in [0.1, 0.15) is 0 Å². The molecule has 0 radical (unpaired) electrons. The Balaban J connectivity index is 2.94. The predicted molar refractivity (Wildman–Crippen MR) is 19.0 cm³/mol. The van der Waals surface area contributed by atoms with Crippen LogP contribution in [0.15, 0.2) is 0 Å². The third kappa shape index (κ3) is 3.48. The van der Waals surface area contributed by atoms with Crippen molar-refractivity contribution in [2.45, 2.75) is 6.23 Å². The first-order valence-corrected chi connectivity index (χ1v) is 1.17. The van der Waals surface area contributed by atoms with Gasteiger partial charge in [-0.1, -0.05) is 5.92 Å². The molecule has 0 amide bonds. The SMILES string of the molecule is C#CC(N)O. The summed E-state index contributed by atoms with van der Waals surface area (Å²) in [7, 11) is 0. The van der Waals surface area contributed by atoms with Crippen LogP contribution in [0.2, 0.25) is 0 Å². The number of rotatable bonds is 0. The van der Waals surface area contributed by atoms with Gasteiger partial charge in [0.2, 0.25) is 0 Å². The molecule has 0 heterocycles. The van der Waals surface area contributed by atoms with Crippen molar-refractivity contribution in [3.05, 3.63) is 0 Å². The van der Waals surface area contributed by atoms with Crippen LogP contribution in [0.1, 0.15) is 0 Å². The largest absolute Gasteiger partial charge is 0.368 e. The van der Waals surface area contributed by atoms with E-state index in [0.717, 1.165) is 0 Å². The molecule has 0 saturated heterocycles. The smallest absolute Gasteiger partial charge is 0.165 e. The summed E-state index contributed by atoms with van der Waals surface area (Å²) in [5, 5.41) is 7.90. The Kier molecular flexibility index (Phi) is 1.58. The third-order valence-electron chi connectivity index (χ3n) is 0.171. The Bertz CT molecular complexity index is 52.4. The summed E-state index contributed by atoms with van der Waals surface area (Å²) in [4.78, 5) is 0. The van der Waals surface area contributed by atoms with Crippen LogP contribution in [0.3, 0.4) is 0 Å². The summed E-state index contributed by atoms with van der Waals surface area (Å²) in [6.45, 7) is 0. The van der Waals surface area contributed by atoms with E-state index in [2.05, 4.69) is 12.2 Å². The van der Waals surface area contributed by atoms with Crippen molar-refractivity contribution in [3.63, 3.8) is 0 Å². The number of aliphatic hydroxyl groups is 1. The molecular weight excluding hydrogens is 66.0 g/mol. The van der Waals surface area contributed by atoms with E-state index in [0.29, 0.717) is 0 Å². The van der Waals surface area contributed by atoms with Crippen molar-refractivity contribution in [2.24, 2.45) is 5.73 Å². The highest BCUT2D eigenvalue weighted by atomic mass is 16.3. The van der Waals surface area contributed by atoms with Gasteiger partial charge < -0.3 is 5.11 Å². The number of aliphatic hydroxyl groups excluding tert-OH is 1. The minimum absolute atomic E-state index is 1.09. The number of terminal acetylenes is 1. The summed E-state index contributed by atoms with van der Waals surface area (Å²) >= 11 is 0. The van der Waals surface area contributed by atoms with Crippen LogP contribution in [0.25, 0.3) is 0 Å². The van der Waals surface area contributed by atoms with Crippen molar-refractivity contribution in [1.82, 2.24) is 0 Å². The Morgan fingerprint density at radius 1 is 2.00 bits per heavy atom. The van der Waals surface area contributed by atoms with Crippen LogP contribution in [-0.4, -0.2) is 11.3 Å². The summed E-state index contributed by atoms with van der Waals surface area (Å²) in [6.07, 6.45) is 3.46. The molecule has 0 bridgehead atoms. The predicted octanol–water partition coefficient (Wildman–Crippen LogP) is -1.10. The van der Waals surface area contributed by atoms with E-state index >= 15 is 0 Å². The van der Waals surface area contributed by atoms with Crippen molar-refractivity contribution < 1.29 is 5.11 Å². The van der Waals surface area contributed by atoms with Crippen molar-refractivity contribution in [3.8, 4) is 12.3 Å². The Morgan fingerprint density at radius 3 is 2.20 bits per heavy atom. The molecule has 0 aliphatic rings. The van der Waals surface area contributed by atoms with Crippen LogP contribution < -0.4 is 5.73 Å². The fourth-order valence-electron chi connectivity index (χ4n) is 0. The average Bonchev–Trinajstić information content (AvgIpc) is 1.38. The lowest BCUT2D eigenvalue weighted by molar-refractivity contribution is 0.241. The lowest BCUT2D eigenvalue weighted by Crippen LogP contribution is -2.14. The van der Waals surface area contributed by atoms with E-state index in [4.69, 9.17) is 5.11 Å². The second-order valence-corrected chi connectivity index (χ2v) is 0.612. The van der Waals surface area contributed by atoms with Gasteiger partial charge in [0.25, 0.3) is 0 Å². The zero-order valence-corrected chi connectivity index (χ0v) is 2.68. The number of hydrogen-bond acceptors (Lipinski definition) is 2. The summed E-state index contributed by atoms with van der Waals surface area (Å²) in [5.41, 5.74) is 4.61. The number of hydrogen-bond donors (Lipinski definition) is 2. The fourth-order valence-corrected chi connectivity index (χ4v) is 0. The first-order valence-electron chi connectivity index (χ1n) is 1.17. The molecule has 0 aliphatic carbocycles. The maximum absolute atomic E-state index is 7.90. The van der Waals surface area contributed by atoms with Crippen LogP contribution in [0, 0.1) is 12.3 Å². The molecule has 0 spiro atoms. The monoisotopic (exact) mass is 71.0 g/mol. The normalized spacial score (nSPS) is 13.0. The maximum Gasteiger partial charge on any atom is 0.165 e. The van der Waals surface area contributed by atoms with E-state index in [1.165, 1.54) is 0 Å². The van der Waals surface area contributed by atoms with Gasteiger partial charge in [-0.3, -0.25) is 5.73 Å². The molecule has 0 aromatic heterocycles. The summed E-state index contributed by atoms with van der Waals surface area (Å²) in [5.74, 6) is 1.86. The van der Waals surface area contributed by atoms with Gasteiger partial charge in [-0.2, -0.15) is 0 Å². The lowest BCUT2D eigenvalue weighted by Gasteiger charge is -1.82. The zero-order chi connectivity index (χ0) is 4.28. The van der Waals surface area contributed by atoms with Gasteiger partial charge >= 0.3 is 0 Å². The van der Waals surface area contributed by atoms with Crippen LogP contribution >= 0.6 is 0 Å². The highest BCUT2D eigenvalue weighted by Crippen LogP contribution is 1.52. The first kappa shape index (κ1) is 4.48.